The first-order chi connectivity index (χ1) is 8.95. The molecule has 0 aromatic heterocycles. The van der Waals surface area contributed by atoms with E-state index in [1.165, 1.54) is 12.1 Å². The van der Waals surface area contributed by atoms with Gasteiger partial charge in [-0.25, -0.2) is 8.78 Å². The lowest BCUT2D eigenvalue weighted by atomic mass is 9.88. The second-order valence-corrected chi connectivity index (χ2v) is 4.92. The van der Waals surface area contributed by atoms with Gasteiger partial charge in [-0.3, -0.25) is 0 Å². The fourth-order valence-electron chi connectivity index (χ4n) is 2.37. The summed E-state index contributed by atoms with van der Waals surface area (Å²) < 4.78 is 32.2. The molecule has 4 heteroatoms. The molecule has 1 aromatic carbocycles. The van der Waals surface area contributed by atoms with E-state index in [1.807, 2.05) is 27.8 Å². The summed E-state index contributed by atoms with van der Waals surface area (Å²) in [5, 5.41) is 3.20. The Labute approximate surface area is 114 Å². The van der Waals surface area contributed by atoms with E-state index in [4.69, 9.17) is 4.74 Å². The van der Waals surface area contributed by atoms with Crippen LogP contribution in [0.1, 0.15) is 32.8 Å². The maximum Gasteiger partial charge on any atom is 0.126 e. The lowest BCUT2D eigenvalue weighted by molar-refractivity contribution is -0.0534. The van der Waals surface area contributed by atoms with Crippen molar-refractivity contribution in [2.45, 2.75) is 45.3 Å². The minimum absolute atomic E-state index is 0.00125. The Balaban J connectivity index is 2.91. The summed E-state index contributed by atoms with van der Waals surface area (Å²) in [6, 6.07) is 3.63. The van der Waals surface area contributed by atoms with Crippen LogP contribution >= 0.6 is 0 Å². The van der Waals surface area contributed by atoms with Crippen LogP contribution < -0.4 is 5.32 Å². The lowest BCUT2D eigenvalue weighted by Gasteiger charge is -2.37. The lowest BCUT2D eigenvalue weighted by Crippen LogP contribution is -2.50. The van der Waals surface area contributed by atoms with Crippen LogP contribution in [0.25, 0.3) is 0 Å². The van der Waals surface area contributed by atoms with Crippen molar-refractivity contribution < 1.29 is 13.5 Å². The molecule has 0 bridgehead atoms. The molecular formula is C15H23F2NO. The minimum atomic E-state index is -0.542. The van der Waals surface area contributed by atoms with Gasteiger partial charge in [-0.1, -0.05) is 6.92 Å². The monoisotopic (exact) mass is 271 g/mol. The van der Waals surface area contributed by atoms with E-state index in [9.17, 15) is 8.78 Å². The quantitative estimate of drug-likeness (QED) is 0.821. The summed E-state index contributed by atoms with van der Waals surface area (Å²) in [4.78, 5) is 0. The predicted molar refractivity (Wildman–Crippen MR) is 73.2 cm³/mol. The number of benzene rings is 1. The van der Waals surface area contributed by atoms with Crippen molar-refractivity contribution in [2.75, 3.05) is 13.7 Å². The Morgan fingerprint density at radius 2 is 1.79 bits per heavy atom. The number of rotatable bonds is 7. The molecule has 2 nitrogen and oxygen atoms in total. The van der Waals surface area contributed by atoms with Crippen LogP contribution in [0.4, 0.5) is 8.78 Å². The van der Waals surface area contributed by atoms with Crippen LogP contribution in [-0.4, -0.2) is 25.3 Å². The third-order valence-electron chi connectivity index (χ3n) is 3.62. The first-order valence-electron chi connectivity index (χ1n) is 6.71. The fraction of sp³-hybridized carbons (Fsp3) is 0.600. The molecule has 108 valence electrons. The molecule has 1 aromatic rings. The maximum atomic E-state index is 13.2. The number of halogens is 2. The molecule has 0 heterocycles. The van der Waals surface area contributed by atoms with Gasteiger partial charge in [-0.15, -0.1) is 0 Å². The fourth-order valence-corrected chi connectivity index (χ4v) is 2.37. The van der Waals surface area contributed by atoms with Gasteiger partial charge in [0.25, 0.3) is 0 Å². The highest BCUT2D eigenvalue weighted by molar-refractivity contribution is 5.19. The zero-order chi connectivity index (χ0) is 14.5. The van der Waals surface area contributed by atoms with E-state index in [0.717, 1.165) is 12.5 Å². The normalized spacial score (nSPS) is 16.1. The third kappa shape index (κ3) is 4.25. The van der Waals surface area contributed by atoms with Gasteiger partial charge in [-0.2, -0.15) is 0 Å². The molecule has 2 unspecified atom stereocenters. The predicted octanol–water partition coefficient (Wildman–Crippen LogP) is 3.30. The molecule has 2 atom stereocenters. The number of nitrogens with one attached hydrogen (secondary N) is 1. The van der Waals surface area contributed by atoms with Crippen molar-refractivity contribution in [2.24, 2.45) is 0 Å². The zero-order valence-corrected chi connectivity index (χ0v) is 12.1. The second-order valence-electron chi connectivity index (χ2n) is 4.92. The Morgan fingerprint density at radius 1 is 1.21 bits per heavy atom. The molecule has 0 aliphatic rings. The molecular weight excluding hydrogens is 248 g/mol. The van der Waals surface area contributed by atoms with Crippen molar-refractivity contribution in [3.63, 3.8) is 0 Å². The zero-order valence-electron chi connectivity index (χ0n) is 12.1. The Bertz CT molecular complexity index is 391. The minimum Gasteiger partial charge on any atom is -0.374 e. The van der Waals surface area contributed by atoms with Crippen molar-refractivity contribution >= 4 is 0 Å². The van der Waals surface area contributed by atoms with Gasteiger partial charge in [0.1, 0.15) is 11.6 Å². The molecule has 0 amide bonds. The van der Waals surface area contributed by atoms with Crippen LogP contribution in [0.3, 0.4) is 0 Å². The first-order valence-corrected chi connectivity index (χ1v) is 6.71. The second kappa shape index (κ2) is 6.96. The number of ether oxygens (including phenoxy) is 1. The van der Waals surface area contributed by atoms with Gasteiger partial charge in [0, 0.05) is 18.7 Å². The van der Waals surface area contributed by atoms with Gasteiger partial charge < -0.3 is 10.1 Å². The van der Waals surface area contributed by atoms with Gasteiger partial charge in [0.2, 0.25) is 0 Å². The highest BCUT2D eigenvalue weighted by atomic mass is 19.1. The van der Waals surface area contributed by atoms with Crippen molar-refractivity contribution in [3.05, 3.63) is 35.4 Å². The molecule has 0 aliphatic carbocycles. The Morgan fingerprint density at radius 3 is 2.21 bits per heavy atom. The van der Waals surface area contributed by atoms with Crippen LogP contribution in [0, 0.1) is 11.6 Å². The summed E-state index contributed by atoms with van der Waals surface area (Å²) in [5.74, 6) is -1.08. The topological polar surface area (TPSA) is 21.3 Å². The highest BCUT2D eigenvalue weighted by Crippen LogP contribution is 2.23. The van der Waals surface area contributed by atoms with E-state index >= 15 is 0 Å². The summed E-state index contributed by atoms with van der Waals surface area (Å²) in [7, 11) is 1.84. The van der Waals surface area contributed by atoms with Gasteiger partial charge >= 0.3 is 0 Å². The summed E-state index contributed by atoms with van der Waals surface area (Å²) >= 11 is 0. The SMILES string of the molecule is CCOC(C)(CC)C(Cc1cc(F)cc(F)c1)NC. The highest BCUT2D eigenvalue weighted by Gasteiger charge is 2.32. The molecule has 0 saturated carbocycles. The van der Waals surface area contributed by atoms with Crippen molar-refractivity contribution in [1.29, 1.82) is 0 Å². The number of hydrogen-bond acceptors (Lipinski definition) is 2. The molecule has 19 heavy (non-hydrogen) atoms. The van der Waals surface area contributed by atoms with E-state index in [1.54, 1.807) is 0 Å². The summed E-state index contributed by atoms with van der Waals surface area (Å²) in [5.41, 5.74) is 0.281. The van der Waals surface area contributed by atoms with E-state index < -0.39 is 11.6 Å². The van der Waals surface area contributed by atoms with Gasteiger partial charge in [-0.05, 0) is 51.4 Å². The average molecular weight is 271 g/mol. The molecule has 0 fully saturated rings. The van der Waals surface area contributed by atoms with E-state index in [2.05, 4.69) is 5.32 Å². The molecule has 0 radical (unpaired) electrons. The molecule has 1 rings (SSSR count). The molecule has 0 saturated heterocycles. The van der Waals surface area contributed by atoms with Gasteiger partial charge in [0.05, 0.1) is 5.60 Å². The van der Waals surface area contributed by atoms with Crippen LogP contribution in [0.5, 0.6) is 0 Å². The molecule has 0 spiro atoms. The summed E-state index contributed by atoms with van der Waals surface area (Å²) in [6.07, 6.45) is 1.35. The van der Waals surface area contributed by atoms with Crippen LogP contribution in [-0.2, 0) is 11.2 Å². The summed E-state index contributed by atoms with van der Waals surface area (Å²) in [6.45, 7) is 6.63. The van der Waals surface area contributed by atoms with Crippen molar-refractivity contribution in [3.8, 4) is 0 Å². The van der Waals surface area contributed by atoms with Crippen molar-refractivity contribution in [1.82, 2.24) is 5.32 Å². The maximum absolute atomic E-state index is 13.2. The Hall–Kier alpha value is -1.00. The number of hydrogen-bond donors (Lipinski definition) is 1. The third-order valence-corrected chi connectivity index (χ3v) is 3.62. The Kier molecular flexibility index (Phi) is 5.88. The molecule has 0 aliphatic heterocycles. The van der Waals surface area contributed by atoms with Crippen LogP contribution in [0.2, 0.25) is 0 Å². The largest absolute Gasteiger partial charge is 0.374 e. The average Bonchev–Trinajstić information content (AvgIpc) is 2.35. The standard InChI is InChI=1S/C15H23F2NO/c1-5-15(3,19-6-2)14(18-4)9-11-7-12(16)10-13(17)8-11/h7-8,10,14,18H,5-6,9H2,1-4H3. The molecule has 1 N–H and O–H groups in total. The van der Waals surface area contributed by atoms with E-state index in [0.29, 0.717) is 18.6 Å². The van der Waals surface area contributed by atoms with Gasteiger partial charge in [0.15, 0.2) is 0 Å². The smallest absolute Gasteiger partial charge is 0.126 e. The first kappa shape index (κ1) is 16.1. The number of likely N-dealkylation sites (N-methyl/N-ethyl adjacent to an activating group) is 1. The van der Waals surface area contributed by atoms with E-state index in [-0.39, 0.29) is 11.6 Å². The van der Waals surface area contributed by atoms with Crippen LogP contribution in [0.15, 0.2) is 18.2 Å².